The Morgan fingerprint density at radius 3 is 2.69 bits per heavy atom. The summed E-state index contributed by atoms with van der Waals surface area (Å²) in [4.78, 5) is 0. The van der Waals surface area contributed by atoms with Crippen LogP contribution in [0.2, 0.25) is 0 Å². The predicted molar refractivity (Wildman–Crippen MR) is 62.9 cm³/mol. The minimum Gasteiger partial charge on any atom is -0.350 e. The summed E-state index contributed by atoms with van der Waals surface area (Å²) >= 11 is 0. The third-order valence-electron chi connectivity index (χ3n) is 4.78. The van der Waals surface area contributed by atoms with Gasteiger partial charge in [-0.3, -0.25) is 0 Å². The molecule has 3 aliphatic rings. The Balaban J connectivity index is 1.84. The third-order valence-corrected chi connectivity index (χ3v) is 4.78. The van der Waals surface area contributed by atoms with Gasteiger partial charge in [0, 0.05) is 25.6 Å². The van der Waals surface area contributed by atoms with Crippen LogP contribution in [0.5, 0.6) is 0 Å². The van der Waals surface area contributed by atoms with Crippen molar-refractivity contribution in [3.63, 3.8) is 0 Å². The Morgan fingerprint density at radius 1 is 1.25 bits per heavy atom. The van der Waals surface area contributed by atoms with Crippen LogP contribution in [0.25, 0.3) is 0 Å². The topological polar surface area (TPSA) is 18.5 Å². The molecule has 3 rings (SSSR count). The summed E-state index contributed by atoms with van der Waals surface area (Å²) in [5, 5.41) is 0. The third kappa shape index (κ3) is 1.32. The van der Waals surface area contributed by atoms with Gasteiger partial charge in [-0.1, -0.05) is 12.2 Å². The second-order valence-corrected chi connectivity index (χ2v) is 5.39. The number of fused-ring (bicyclic) bond motifs is 5. The molecule has 0 amide bonds. The summed E-state index contributed by atoms with van der Waals surface area (Å²) in [5.74, 6) is 2.84. The number of hydrogen-bond acceptors (Lipinski definition) is 2. The van der Waals surface area contributed by atoms with Crippen molar-refractivity contribution in [3.05, 3.63) is 12.2 Å². The molecule has 0 heterocycles. The summed E-state index contributed by atoms with van der Waals surface area (Å²) in [6.45, 7) is 5.69. The second-order valence-electron chi connectivity index (χ2n) is 5.39. The van der Waals surface area contributed by atoms with E-state index in [-0.39, 0.29) is 5.79 Å². The van der Waals surface area contributed by atoms with Gasteiger partial charge < -0.3 is 9.47 Å². The number of hydrogen-bond donors (Lipinski definition) is 0. The highest BCUT2D eigenvalue weighted by atomic mass is 16.7. The van der Waals surface area contributed by atoms with Gasteiger partial charge in [0.25, 0.3) is 0 Å². The predicted octanol–water partition coefficient (Wildman–Crippen LogP) is 2.99. The largest absolute Gasteiger partial charge is 0.350 e. The van der Waals surface area contributed by atoms with E-state index < -0.39 is 0 Å². The first kappa shape index (κ1) is 10.8. The van der Waals surface area contributed by atoms with Crippen LogP contribution >= 0.6 is 0 Å². The van der Waals surface area contributed by atoms with E-state index in [1.54, 1.807) is 0 Å². The quantitative estimate of drug-likeness (QED) is 0.538. The lowest BCUT2D eigenvalue weighted by molar-refractivity contribution is -0.268. The molecule has 0 N–H and O–H groups in total. The molecule has 4 atom stereocenters. The smallest absolute Gasteiger partial charge is 0.171 e. The molecule has 0 aromatic carbocycles. The van der Waals surface area contributed by atoms with Gasteiger partial charge in [0.15, 0.2) is 5.79 Å². The average molecular weight is 222 g/mol. The van der Waals surface area contributed by atoms with Crippen molar-refractivity contribution < 1.29 is 9.47 Å². The molecule has 4 unspecified atom stereocenters. The molecule has 2 heteroatoms. The van der Waals surface area contributed by atoms with Crippen molar-refractivity contribution in [1.29, 1.82) is 0 Å². The Labute approximate surface area is 98.0 Å². The first-order valence-corrected chi connectivity index (χ1v) is 6.75. The maximum absolute atomic E-state index is 6.02. The number of allylic oxidation sites excluding steroid dienone is 2. The summed E-state index contributed by atoms with van der Waals surface area (Å²) in [6.07, 6.45) is 8.52. The fourth-order valence-corrected chi connectivity index (χ4v) is 4.38. The molecule has 2 nitrogen and oxygen atoms in total. The van der Waals surface area contributed by atoms with Crippen LogP contribution in [0, 0.1) is 23.7 Å². The van der Waals surface area contributed by atoms with Crippen molar-refractivity contribution in [3.8, 4) is 0 Å². The monoisotopic (exact) mass is 222 g/mol. The minimum atomic E-state index is -0.246. The van der Waals surface area contributed by atoms with Crippen molar-refractivity contribution in [2.45, 2.75) is 38.9 Å². The zero-order valence-corrected chi connectivity index (χ0v) is 10.3. The van der Waals surface area contributed by atoms with E-state index in [1.807, 2.05) is 0 Å². The fraction of sp³-hybridized carbons (Fsp3) is 0.857. The molecule has 90 valence electrons. The van der Waals surface area contributed by atoms with Gasteiger partial charge in [-0.15, -0.1) is 0 Å². The van der Waals surface area contributed by atoms with Gasteiger partial charge in [0.2, 0.25) is 0 Å². The summed E-state index contributed by atoms with van der Waals surface area (Å²) in [6, 6.07) is 0. The van der Waals surface area contributed by atoms with E-state index >= 15 is 0 Å². The van der Waals surface area contributed by atoms with Crippen LogP contribution in [0.1, 0.15) is 33.1 Å². The molecule has 3 aliphatic carbocycles. The lowest BCUT2D eigenvalue weighted by Crippen LogP contribution is -2.46. The Kier molecular flexibility index (Phi) is 2.60. The van der Waals surface area contributed by atoms with E-state index in [9.17, 15) is 0 Å². The maximum Gasteiger partial charge on any atom is 0.171 e. The second kappa shape index (κ2) is 3.85. The van der Waals surface area contributed by atoms with Crippen molar-refractivity contribution in [2.24, 2.45) is 23.7 Å². The molecular weight excluding hydrogens is 200 g/mol. The van der Waals surface area contributed by atoms with E-state index in [4.69, 9.17) is 9.47 Å². The van der Waals surface area contributed by atoms with Gasteiger partial charge in [0.05, 0.1) is 0 Å². The molecule has 16 heavy (non-hydrogen) atoms. The maximum atomic E-state index is 6.02. The van der Waals surface area contributed by atoms with Gasteiger partial charge in [0.1, 0.15) is 0 Å². The number of ether oxygens (including phenoxy) is 2. The highest BCUT2D eigenvalue weighted by molar-refractivity contribution is 5.16. The summed E-state index contributed by atoms with van der Waals surface area (Å²) < 4.78 is 12.0. The molecule has 0 aliphatic heterocycles. The summed E-state index contributed by atoms with van der Waals surface area (Å²) in [5.41, 5.74) is 0. The molecule has 0 aromatic heterocycles. The molecular formula is C14H22O2. The van der Waals surface area contributed by atoms with Crippen molar-refractivity contribution in [1.82, 2.24) is 0 Å². The van der Waals surface area contributed by atoms with Crippen molar-refractivity contribution >= 4 is 0 Å². The van der Waals surface area contributed by atoms with E-state index in [1.165, 1.54) is 12.8 Å². The Bertz CT molecular complexity index is 291. The van der Waals surface area contributed by atoms with Crippen LogP contribution in [0.3, 0.4) is 0 Å². The normalized spacial score (nSPS) is 42.9. The highest BCUT2D eigenvalue weighted by Gasteiger charge is 2.61. The van der Waals surface area contributed by atoms with Gasteiger partial charge in [-0.05, 0) is 44.4 Å². The molecule has 0 aromatic rings. The molecule has 2 saturated carbocycles. The standard InChI is InChI=1S/C14H22O2/c1-3-15-14(16-4-2)9-10-8-13(14)12-7-5-6-11(10)12/h5,7,10-13H,3-4,6,8-9H2,1-2H3. The van der Waals surface area contributed by atoms with E-state index in [0.29, 0.717) is 5.92 Å². The van der Waals surface area contributed by atoms with E-state index in [2.05, 4.69) is 26.0 Å². The Hall–Kier alpha value is -0.340. The zero-order valence-electron chi connectivity index (χ0n) is 10.3. The lowest BCUT2D eigenvalue weighted by Gasteiger charge is -2.41. The van der Waals surface area contributed by atoms with Gasteiger partial charge in [-0.25, -0.2) is 0 Å². The first-order valence-electron chi connectivity index (χ1n) is 6.75. The van der Waals surface area contributed by atoms with Crippen molar-refractivity contribution in [2.75, 3.05) is 13.2 Å². The van der Waals surface area contributed by atoms with Crippen LogP contribution in [-0.4, -0.2) is 19.0 Å². The average Bonchev–Trinajstić information content (AvgIpc) is 2.87. The minimum absolute atomic E-state index is 0.246. The van der Waals surface area contributed by atoms with Crippen LogP contribution in [0.4, 0.5) is 0 Å². The molecule has 0 radical (unpaired) electrons. The fourth-order valence-electron chi connectivity index (χ4n) is 4.38. The van der Waals surface area contributed by atoms with Crippen LogP contribution in [0.15, 0.2) is 12.2 Å². The number of rotatable bonds is 4. The summed E-state index contributed by atoms with van der Waals surface area (Å²) in [7, 11) is 0. The molecule has 0 saturated heterocycles. The highest BCUT2D eigenvalue weighted by Crippen LogP contribution is 2.61. The zero-order chi connectivity index (χ0) is 11.2. The van der Waals surface area contributed by atoms with E-state index in [0.717, 1.165) is 37.4 Å². The lowest BCUT2D eigenvalue weighted by atomic mass is 9.78. The first-order chi connectivity index (χ1) is 7.80. The Morgan fingerprint density at radius 2 is 2.00 bits per heavy atom. The molecule has 2 fully saturated rings. The molecule has 0 spiro atoms. The molecule has 2 bridgehead atoms. The SMILES string of the molecule is CCOC1(OCC)CC2CC1C1C=CCC21. The van der Waals surface area contributed by atoms with Gasteiger partial charge in [-0.2, -0.15) is 0 Å². The van der Waals surface area contributed by atoms with Crippen LogP contribution < -0.4 is 0 Å². The van der Waals surface area contributed by atoms with Crippen LogP contribution in [-0.2, 0) is 9.47 Å². The van der Waals surface area contributed by atoms with Gasteiger partial charge >= 0.3 is 0 Å².